The Morgan fingerprint density at radius 2 is 2.33 bits per heavy atom. The summed E-state index contributed by atoms with van der Waals surface area (Å²) in [6, 6.07) is 5.01. The van der Waals surface area contributed by atoms with E-state index in [0.717, 1.165) is 5.56 Å². The van der Waals surface area contributed by atoms with E-state index in [1.165, 1.54) is 7.11 Å². The number of oxazole rings is 1. The van der Waals surface area contributed by atoms with Gasteiger partial charge in [0.1, 0.15) is 0 Å². The molecule has 2 rings (SSSR count). The maximum Gasteiger partial charge on any atom is 0.417 e. The Kier molecular flexibility index (Phi) is 3.47. The highest BCUT2D eigenvalue weighted by atomic mass is 16.5. The lowest BCUT2D eigenvalue weighted by atomic mass is 10.0. The van der Waals surface area contributed by atoms with Crippen LogP contribution in [0.25, 0.3) is 11.1 Å². The maximum atomic E-state index is 11.1. The molecule has 1 heterocycles. The van der Waals surface area contributed by atoms with Crippen LogP contribution in [-0.4, -0.2) is 24.1 Å². The summed E-state index contributed by atoms with van der Waals surface area (Å²) in [7, 11) is 1.33. The molecule has 0 fully saturated rings. The third-order valence-corrected chi connectivity index (χ3v) is 2.64. The standard InChI is InChI=1S/C12H14N2O4/c1-17-11(15)6-8(13)4-7-2-3-9-10(5-7)18-12(16)14-9/h2-3,5,8H,4,6,13H2,1H3,(H,14,16). The number of carbonyl (C=O) groups excluding carboxylic acids is 1. The van der Waals surface area contributed by atoms with Crippen molar-refractivity contribution in [3.63, 3.8) is 0 Å². The van der Waals surface area contributed by atoms with Crippen molar-refractivity contribution in [2.75, 3.05) is 7.11 Å². The van der Waals surface area contributed by atoms with Crippen LogP contribution in [0.3, 0.4) is 0 Å². The summed E-state index contributed by atoms with van der Waals surface area (Å²) in [5.74, 6) is -0.822. The number of carbonyl (C=O) groups is 1. The van der Waals surface area contributed by atoms with Gasteiger partial charge in [-0.2, -0.15) is 0 Å². The lowest BCUT2D eigenvalue weighted by molar-refractivity contribution is -0.140. The fraction of sp³-hybridized carbons (Fsp3) is 0.333. The quantitative estimate of drug-likeness (QED) is 0.772. The van der Waals surface area contributed by atoms with Gasteiger partial charge in [0.25, 0.3) is 0 Å². The van der Waals surface area contributed by atoms with Gasteiger partial charge in [-0.3, -0.25) is 9.78 Å². The number of nitrogens with one attached hydrogen (secondary N) is 1. The Morgan fingerprint density at radius 1 is 1.56 bits per heavy atom. The summed E-state index contributed by atoms with van der Waals surface area (Å²) < 4.78 is 9.50. The Labute approximate surface area is 103 Å². The van der Waals surface area contributed by atoms with E-state index < -0.39 is 5.76 Å². The van der Waals surface area contributed by atoms with Crippen molar-refractivity contribution in [1.29, 1.82) is 0 Å². The fourth-order valence-electron chi connectivity index (χ4n) is 1.79. The molecule has 0 radical (unpaired) electrons. The minimum atomic E-state index is -0.485. The zero-order chi connectivity index (χ0) is 13.1. The third-order valence-electron chi connectivity index (χ3n) is 2.64. The molecule has 0 aliphatic heterocycles. The lowest BCUT2D eigenvalue weighted by Gasteiger charge is -2.09. The number of ether oxygens (including phenoxy) is 1. The summed E-state index contributed by atoms with van der Waals surface area (Å²) in [5.41, 5.74) is 7.87. The van der Waals surface area contributed by atoms with Crippen LogP contribution in [0.2, 0.25) is 0 Å². The van der Waals surface area contributed by atoms with Crippen LogP contribution in [0, 0.1) is 0 Å². The summed E-state index contributed by atoms with van der Waals surface area (Å²) in [6.07, 6.45) is 0.672. The normalized spacial score (nSPS) is 12.6. The number of fused-ring (bicyclic) bond motifs is 1. The summed E-state index contributed by atoms with van der Waals surface area (Å²) in [5, 5.41) is 0. The van der Waals surface area contributed by atoms with E-state index in [2.05, 4.69) is 9.72 Å². The van der Waals surface area contributed by atoms with Crippen LogP contribution in [0.5, 0.6) is 0 Å². The number of nitrogens with two attached hydrogens (primary N) is 1. The molecule has 6 nitrogen and oxygen atoms in total. The highest BCUT2D eigenvalue weighted by Crippen LogP contribution is 2.14. The predicted molar refractivity (Wildman–Crippen MR) is 65.1 cm³/mol. The first-order valence-electron chi connectivity index (χ1n) is 5.52. The molecule has 0 aliphatic rings. The molecule has 18 heavy (non-hydrogen) atoms. The zero-order valence-electron chi connectivity index (χ0n) is 9.93. The smallest absolute Gasteiger partial charge is 0.417 e. The molecule has 0 saturated carbocycles. The van der Waals surface area contributed by atoms with Crippen molar-refractivity contribution < 1.29 is 13.9 Å². The number of methoxy groups -OCH3 is 1. The average Bonchev–Trinajstić information content (AvgIpc) is 2.68. The molecule has 96 valence electrons. The van der Waals surface area contributed by atoms with Crippen LogP contribution >= 0.6 is 0 Å². The van der Waals surface area contributed by atoms with Crippen molar-refractivity contribution in [1.82, 2.24) is 4.98 Å². The SMILES string of the molecule is COC(=O)CC(N)Cc1ccc2[nH]c(=O)oc2c1. The second-order valence-electron chi connectivity index (χ2n) is 4.09. The molecule has 0 spiro atoms. The van der Waals surface area contributed by atoms with Gasteiger partial charge >= 0.3 is 11.7 Å². The molecule has 0 amide bonds. The fourth-order valence-corrected chi connectivity index (χ4v) is 1.79. The van der Waals surface area contributed by atoms with Crippen molar-refractivity contribution >= 4 is 17.1 Å². The van der Waals surface area contributed by atoms with Gasteiger partial charge in [-0.25, -0.2) is 4.79 Å². The van der Waals surface area contributed by atoms with E-state index in [1.54, 1.807) is 12.1 Å². The van der Waals surface area contributed by atoms with Crippen molar-refractivity contribution in [2.24, 2.45) is 5.73 Å². The number of aromatic nitrogens is 1. The van der Waals surface area contributed by atoms with Gasteiger partial charge in [0.2, 0.25) is 0 Å². The molecular formula is C12H14N2O4. The monoisotopic (exact) mass is 250 g/mol. The Balaban J connectivity index is 2.11. The van der Waals surface area contributed by atoms with Crippen LogP contribution in [0.4, 0.5) is 0 Å². The Morgan fingerprint density at radius 3 is 3.06 bits per heavy atom. The van der Waals surface area contributed by atoms with Gasteiger partial charge < -0.3 is 14.9 Å². The number of esters is 1. The molecule has 1 aromatic carbocycles. The average molecular weight is 250 g/mol. The molecule has 1 aromatic heterocycles. The van der Waals surface area contributed by atoms with Crippen LogP contribution < -0.4 is 11.5 Å². The van der Waals surface area contributed by atoms with E-state index >= 15 is 0 Å². The minimum absolute atomic E-state index is 0.158. The van der Waals surface area contributed by atoms with Crippen molar-refractivity contribution in [3.8, 4) is 0 Å². The van der Waals surface area contributed by atoms with Gasteiger partial charge in [-0.05, 0) is 24.1 Å². The predicted octanol–water partition coefficient (Wildman–Crippen LogP) is 0.554. The number of rotatable bonds is 4. The number of hydrogen-bond donors (Lipinski definition) is 2. The number of hydrogen-bond acceptors (Lipinski definition) is 5. The molecular weight excluding hydrogens is 236 g/mol. The van der Waals surface area contributed by atoms with Crippen LogP contribution in [0.15, 0.2) is 27.4 Å². The number of aromatic amines is 1. The first-order chi connectivity index (χ1) is 8.58. The van der Waals surface area contributed by atoms with Crippen LogP contribution in [0.1, 0.15) is 12.0 Å². The largest absolute Gasteiger partial charge is 0.469 e. The molecule has 6 heteroatoms. The Hall–Kier alpha value is -2.08. The summed E-state index contributed by atoms with van der Waals surface area (Å²) in [6.45, 7) is 0. The van der Waals surface area contributed by atoms with E-state index in [9.17, 15) is 9.59 Å². The first-order valence-corrected chi connectivity index (χ1v) is 5.52. The summed E-state index contributed by atoms with van der Waals surface area (Å²) in [4.78, 5) is 24.6. The number of H-pyrrole nitrogens is 1. The van der Waals surface area contributed by atoms with Crippen molar-refractivity contribution in [2.45, 2.75) is 18.9 Å². The van der Waals surface area contributed by atoms with E-state index in [-0.39, 0.29) is 18.4 Å². The van der Waals surface area contributed by atoms with Gasteiger partial charge in [-0.15, -0.1) is 0 Å². The molecule has 1 atom stereocenters. The molecule has 3 N–H and O–H groups in total. The zero-order valence-corrected chi connectivity index (χ0v) is 9.93. The van der Waals surface area contributed by atoms with E-state index in [1.807, 2.05) is 6.07 Å². The molecule has 0 bridgehead atoms. The highest BCUT2D eigenvalue weighted by molar-refractivity contribution is 5.73. The minimum Gasteiger partial charge on any atom is -0.469 e. The van der Waals surface area contributed by atoms with Crippen LogP contribution in [-0.2, 0) is 16.0 Å². The van der Waals surface area contributed by atoms with Gasteiger partial charge in [0.15, 0.2) is 5.58 Å². The molecule has 1 unspecified atom stereocenters. The van der Waals surface area contributed by atoms with Crippen molar-refractivity contribution in [3.05, 3.63) is 34.3 Å². The lowest BCUT2D eigenvalue weighted by Crippen LogP contribution is -2.26. The second kappa shape index (κ2) is 5.05. The van der Waals surface area contributed by atoms with Gasteiger partial charge in [0.05, 0.1) is 19.0 Å². The van der Waals surface area contributed by atoms with Gasteiger partial charge in [0, 0.05) is 6.04 Å². The molecule has 2 aromatic rings. The first kappa shape index (κ1) is 12.4. The topological polar surface area (TPSA) is 98.3 Å². The number of benzene rings is 1. The highest BCUT2D eigenvalue weighted by Gasteiger charge is 2.11. The maximum absolute atomic E-state index is 11.1. The molecule has 0 aliphatic carbocycles. The second-order valence-corrected chi connectivity index (χ2v) is 4.09. The summed E-state index contributed by atoms with van der Waals surface area (Å²) >= 11 is 0. The van der Waals surface area contributed by atoms with Gasteiger partial charge in [-0.1, -0.05) is 6.07 Å². The Bertz CT molecular complexity index is 614. The molecule has 0 saturated heterocycles. The van der Waals surface area contributed by atoms with E-state index in [0.29, 0.717) is 17.5 Å². The van der Waals surface area contributed by atoms with E-state index in [4.69, 9.17) is 10.2 Å². The third kappa shape index (κ3) is 2.78.